The summed E-state index contributed by atoms with van der Waals surface area (Å²) in [4.78, 5) is 0. The topological polar surface area (TPSA) is 21.3 Å². The minimum absolute atomic E-state index is 0.466. The first-order valence-electron chi connectivity index (χ1n) is 5.77. The van der Waals surface area contributed by atoms with Crippen LogP contribution in [0.2, 0.25) is 0 Å². The molecule has 0 bridgehead atoms. The van der Waals surface area contributed by atoms with Gasteiger partial charge in [-0.05, 0) is 32.1 Å². The van der Waals surface area contributed by atoms with Gasteiger partial charge in [0.25, 0.3) is 0 Å². The van der Waals surface area contributed by atoms with Gasteiger partial charge in [0.05, 0.1) is 6.10 Å². The number of hydrogen-bond acceptors (Lipinski definition) is 2. The molecule has 1 aliphatic rings. The first-order valence-corrected chi connectivity index (χ1v) is 6.90. The van der Waals surface area contributed by atoms with E-state index < -0.39 is 0 Å². The van der Waals surface area contributed by atoms with Gasteiger partial charge in [0, 0.05) is 24.5 Å². The van der Waals surface area contributed by atoms with Crippen molar-refractivity contribution in [2.45, 2.75) is 51.2 Å². The SMILES string of the molecule is CCC(CCBr)NCC1CCCCO1. The van der Waals surface area contributed by atoms with Gasteiger partial charge in [-0.1, -0.05) is 22.9 Å². The molecule has 0 aromatic rings. The lowest BCUT2D eigenvalue weighted by molar-refractivity contribution is 0.0152. The summed E-state index contributed by atoms with van der Waals surface area (Å²) >= 11 is 3.49. The van der Waals surface area contributed by atoms with Crippen molar-refractivity contribution in [1.82, 2.24) is 5.32 Å². The van der Waals surface area contributed by atoms with Gasteiger partial charge in [0.15, 0.2) is 0 Å². The van der Waals surface area contributed by atoms with Crippen LogP contribution < -0.4 is 5.32 Å². The Morgan fingerprint density at radius 3 is 2.93 bits per heavy atom. The van der Waals surface area contributed by atoms with E-state index in [0.29, 0.717) is 12.1 Å². The number of rotatable bonds is 6. The van der Waals surface area contributed by atoms with Crippen molar-refractivity contribution in [1.29, 1.82) is 0 Å². The van der Waals surface area contributed by atoms with Crippen LogP contribution in [0.25, 0.3) is 0 Å². The normalized spacial score (nSPS) is 24.9. The van der Waals surface area contributed by atoms with Crippen LogP contribution in [0.1, 0.15) is 39.0 Å². The summed E-state index contributed by atoms with van der Waals surface area (Å²) in [6.45, 7) is 4.23. The van der Waals surface area contributed by atoms with Crippen LogP contribution in [-0.2, 0) is 4.74 Å². The fourth-order valence-electron chi connectivity index (χ4n) is 1.85. The van der Waals surface area contributed by atoms with Crippen molar-refractivity contribution < 1.29 is 4.74 Å². The second-order valence-electron chi connectivity index (χ2n) is 3.98. The van der Waals surface area contributed by atoms with Crippen LogP contribution in [0.3, 0.4) is 0 Å². The molecule has 0 spiro atoms. The molecule has 1 N–H and O–H groups in total. The molecule has 0 aliphatic carbocycles. The third kappa shape index (κ3) is 4.76. The second-order valence-corrected chi connectivity index (χ2v) is 4.77. The van der Waals surface area contributed by atoms with Crippen LogP contribution in [0.4, 0.5) is 0 Å². The van der Waals surface area contributed by atoms with Gasteiger partial charge in [0.2, 0.25) is 0 Å². The van der Waals surface area contributed by atoms with Crippen molar-refractivity contribution in [3.8, 4) is 0 Å². The molecule has 1 fully saturated rings. The average molecular weight is 264 g/mol. The molecule has 3 heteroatoms. The molecular formula is C11H22BrNO. The molecular weight excluding hydrogens is 242 g/mol. The molecule has 2 atom stereocenters. The maximum absolute atomic E-state index is 5.68. The van der Waals surface area contributed by atoms with E-state index in [1.54, 1.807) is 0 Å². The fraction of sp³-hybridized carbons (Fsp3) is 1.00. The lowest BCUT2D eigenvalue weighted by Gasteiger charge is -2.25. The lowest BCUT2D eigenvalue weighted by atomic mass is 10.1. The summed E-state index contributed by atoms with van der Waals surface area (Å²) in [7, 11) is 0. The monoisotopic (exact) mass is 263 g/mol. The Bertz CT molecular complexity index is 132. The number of ether oxygens (including phenoxy) is 1. The Morgan fingerprint density at radius 1 is 1.50 bits per heavy atom. The maximum atomic E-state index is 5.68. The highest BCUT2D eigenvalue weighted by Gasteiger charge is 2.14. The van der Waals surface area contributed by atoms with E-state index in [1.165, 1.54) is 32.1 Å². The predicted molar refractivity (Wildman–Crippen MR) is 64.1 cm³/mol. The molecule has 14 heavy (non-hydrogen) atoms. The minimum atomic E-state index is 0.466. The van der Waals surface area contributed by atoms with Crippen molar-refractivity contribution >= 4 is 15.9 Å². The highest BCUT2D eigenvalue weighted by Crippen LogP contribution is 2.12. The van der Waals surface area contributed by atoms with E-state index in [1.807, 2.05) is 0 Å². The molecule has 1 rings (SSSR count). The summed E-state index contributed by atoms with van der Waals surface area (Å²) in [6.07, 6.45) is 6.70. The van der Waals surface area contributed by atoms with E-state index in [0.717, 1.165) is 18.5 Å². The van der Waals surface area contributed by atoms with E-state index in [4.69, 9.17) is 4.74 Å². The van der Waals surface area contributed by atoms with Crippen LogP contribution in [0.5, 0.6) is 0 Å². The zero-order valence-corrected chi connectivity index (χ0v) is 10.7. The molecule has 84 valence electrons. The molecule has 0 aromatic heterocycles. The van der Waals surface area contributed by atoms with Gasteiger partial charge < -0.3 is 10.1 Å². The fourth-order valence-corrected chi connectivity index (χ4v) is 2.40. The minimum Gasteiger partial charge on any atom is -0.377 e. The molecule has 2 unspecified atom stereocenters. The first kappa shape index (κ1) is 12.5. The summed E-state index contributed by atoms with van der Waals surface area (Å²) < 4.78 is 5.68. The molecule has 1 aliphatic heterocycles. The van der Waals surface area contributed by atoms with Crippen molar-refractivity contribution in [3.63, 3.8) is 0 Å². The maximum Gasteiger partial charge on any atom is 0.0699 e. The Hall–Kier alpha value is 0.400. The smallest absolute Gasteiger partial charge is 0.0699 e. The van der Waals surface area contributed by atoms with E-state index in [-0.39, 0.29) is 0 Å². The number of halogens is 1. The molecule has 1 heterocycles. The van der Waals surface area contributed by atoms with Crippen LogP contribution in [0.15, 0.2) is 0 Å². The Morgan fingerprint density at radius 2 is 2.36 bits per heavy atom. The van der Waals surface area contributed by atoms with Crippen LogP contribution in [0, 0.1) is 0 Å². The quantitative estimate of drug-likeness (QED) is 0.745. The third-order valence-corrected chi connectivity index (χ3v) is 3.32. The van der Waals surface area contributed by atoms with Crippen molar-refractivity contribution in [2.24, 2.45) is 0 Å². The second kappa shape index (κ2) is 7.66. The largest absolute Gasteiger partial charge is 0.377 e. The van der Waals surface area contributed by atoms with Gasteiger partial charge in [-0.3, -0.25) is 0 Å². The van der Waals surface area contributed by atoms with Gasteiger partial charge >= 0.3 is 0 Å². The van der Waals surface area contributed by atoms with Gasteiger partial charge in [-0.25, -0.2) is 0 Å². The molecule has 1 saturated heterocycles. The zero-order valence-electron chi connectivity index (χ0n) is 9.10. The summed E-state index contributed by atoms with van der Waals surface area (Å²) in [6, 6.07) is 0.653. The third-order valence-electron chi connectivity index (χ3n) is 2.86. The van der Waals surface area contributed by atoms with Gasteiger partial charge in [-0.15, -0.1) is 0 Å². The van der Waals surface area contributed by atoms with Crippen molar-refractivity contribution in [2.75, 3.05) is 18.5 Å². The van der Waals surface area contributed by atoms with Crippen LogP contribution >= 0.6 is 15.9 Å². The van der Waals surface area contributed by atoms with E-state index >= 15 is 0 Å². The highest BCUT2D eigenvalue weighted by atomic mass is 79.9. The van der Waals surface area contributed by atoms with Crippen molar-refractivity contribution in [3.05, 3.63) is 0 Å². The Kier molecular flexibility index (Phi) is 6.82. The summed E-state index contributed by atoms with van der Waals surface area (Å²) in [5.41, 5.74) is 0. The summed E-state index contributed by atoms with van der Waals surface area (Å²) in [5, 5.41) is 4.67. The van der Waals surface area contributed by atoms with Crippen LogP contribution in [-0.4, -0.2) is 30.6 Å². The highest BCUT2D eigenvalue weighted by molar-refractivity contribution is 9.09. The lowest BCUT2D eigenvalue weighted by Crippen LogP contribution is -2.38. The summed E-state index contributed by atoms with van der Waals surface area (Å²) in [5.74, 6) is 0. The molecule has 2 nitrogen and oxygen atoms in total. The van der Waals surface area contributed by atoms with E-state index in [9.17, 15) is 0 Å². The Balaban J connectivity index is 2.10. The van der Waals surface area contributed by atoms with Gasteiger partial charge in [0.1, 0.15) is 0 Å². The van der Waals surface area contributed by atoms with Gasteiger partial charge in [-0.2, -0.15) is 0 Å². The number of nitrogens with one attached hydrogen (secondary N) is 1. The number of hydrogen-bond donors (Lipinski definition) is 1. The molecule has 0 amide bonds. The standard InChI is InChI=1S/C11H22BrNO/c1-2-10(6-7-12)13-9-11-5-3-4-8-14-11/h10-11,13H,2-9H2,1H3. The predicted octanol–water partition coefficient (Wildman–Crippen LogP) is 2.71. The first-order chi connectivity index (χ1) is 6.86. The molecule has 0 radical (unpaired) electrons. The molecule has 0 aromatic carbocycles. The zero-order chi connectivity index (χ0) is 10.2. The van der Waals surface area contributed by atoms with E-state index in [2.05, 4.69) is 28.2 Å². The average Bonchev–Trinajstić information content (AvgIpc) is 2.25. The number of alkyl halides is 1. The Labute approximate surface area is 95.9 Å². The molecule has 0 saturated carbocycles.